The Bertz CT molecular complexity index is 1190. The van der Waals surface area contributed by atoms with Crippen LogP contribution in [0.3, 0.4) is 0 Å². The highest BCUT2D eigenvalue weighted by atomic mass is 32.2. The third kappa shape index (κ3) is 5.08. The minimum absolute atomic E-state index is 0.0114. The topological polar surface area (TPSA) is 115 Å². The fourth-order valence-corrected chi connectivity index (χ4v) is 4.14. The van der Waals surface area contributed by atoms with E-state index in [0.29, 0.717) is 16.9 Å². The van der Waals surface area contributed by atoms with Crippen molar-refractivity contribution in [1.29, 1.82) is 0 Å². The Hall–Kier alpha value is -3.26. The number of hydrogen-bond donors (Lipinski definition) is 2. The molecule has 0 saturated carbocycles. The smallest absolute Gasteiger partial charge is 0.278 e. The quantitative estimate of drug-likeness (QED) is 0.573. The second kappa shape index (κ2) is 9.26. The summed E-state index contributed by atoms with van der Waals surface area (Å²) in [6.07, 6.45) is 3.39. The van der Waals surface area contributed by atoms with Crippen molar-refractivity contribution in [1.82, 2.24) is 9.97 Å². The molecule has 0 atom stereocenters. The van der Waals surface area contributed by atoms with Crippen molar-refractivity contribution in [2.24, 2.45) is 0 Å². The first-order chi connectivity index (χ1) is 14.7. The zero-order valence-electron chi connectivity index (χ0n) is 17.8. The van der Waals surface area contributed by atoms with Crippen molar-refractivity contribution < 1.29 is 13.2 Å². The number of carbonyl (C=O) groups is 1. The predicted molar refractivity (Wildman–Crippen MR) is 123 cm³/mol. The molecule has 31 heavy (non-hydrogen) atoms. The maximum atomic E-state index is 12.8. The van der Waals surface area contributed by atoms with E-state index < -0.39 is 21.0 Å². The molecule has 0 spiro atoms. The summed E-state index contributed by atoms with van der Waals surface area (Å²) >= 11 is 0. The number of sulfone groups is 1. The Labute approximate surface area is 182 Å². The lowest BCUT2D eigenvalue weighted by molar-refractivity contribution is 0.102. The summed E-state index contributed by atoms with van der Waals surface area (Å²) in [7, 11) is -3.37. The summed E-state index contributed by atoms with van der Waals surface area (Å²) in [6.45, 7) is 5.37. The number of nitrogen functional groups attached to an aromatic ring is 1. The van der Waals surface area contributed by atoms with Crippen molar-refractivity contribution in [2.75, 3.05) is 11.1 Å². The molecule has 3 N–H and O–H groups in total. The van der Waals surface area contributed by atoms with Gasteiger partial charge in [0.2, 0.25) is 0 Å². The summed E-state index contributed by atoms with van der Waals surface area (Å²) in [6, 6.07) is 14.0. The molecule has 0 aliphatic carbocycles. The first-order valence-corrected chi connectivity index (χ1v) is 11.6. The van der Waals surface area contributed by atoms with E-state index in [2.05, 4.69) is 22.2 Å². The molecule has 0 unspecified atom stereocenters. The number of nitrogens with zero attached hydrogens (tertiary/aromatic N) is 2. The highest BCUT2D eigenvalue weighted by Gasteiger charge is 2.20. The number of anilines is 2. The molecule has 0 radical (unpaired) electrons. The molecule has 0 fully saturated rings. The summed E-state index contributed by atoms with van der Waals surface area (Å²) in [4.78, 5) is 21.5. The number of aromatic nitrogens is 2. The maximum absolute atomic E-state index is 12.8. The summed E-state index contributed by atoms with van der Waals surface area (Å²) < 4.78 is 24.6. The average Bonchev–Trinajstić information content (AvgIpc) is 2.74. The zero-order valence-corrected chi connectivity index (χ0v) is 18.6. The standard InChI is InChI=1S/C23H26N4O3S/c1-4-6-16-7-5-8-18(13-16)26-23(28)21-22(24)25-14-20(27-21)17-9-11-19(12-10-17)31(29,30)15(2)3/h5,7-15H,4,6H2,1-3H3,(H2,24,25)(H,26,28). The zero-order chi connectivity index (χ0) is 22.6. The van der Waals surface area contributed by atoms with Crippen LogP contribution in [-0.2, 0) is 16.3 Å². The third-order valence-corrected chi connectivity index (χ3v) is 7.01. The van der Waals surface area contributed by atoms with E-state index in [-0.39, 0.29) is 16.4 Å². The Morgan fingerprint density at radius 1 is 1.13 bits per heavy atom. The van der Waals surface area contributed by atoms with Gasteiger partial charge in [0.1, 0.15) is 0 Å². The molecule has 8 heteroatoms. The van der Waals surface area contributed by atoms with Crippen LogP contribution in [0.2, 0.25) is 0 Å². The van der Waals surface area contributed by atoms with Gasteiger partial charge in [-0.15, -0.1) is 0 Å². The highest BCUT2D eigenvalue weighted by Crippen LogP contribution is 2.23. The van der Waals surface area contributed by atoms with Crippen LogP contribution in [0.1, 0.15) is 43.2 Å². The molecular formula is C23H26N4O3S. The predicted octanol–water partition coefficient (Wildman–Crippen LogP) is 4.11. The number of nitrogens with two attached hydrogens (primary N) is 1. The molecule has 3 aromatic rings. The van der Waals surface area contributed by atoms with Gasteiger partial charge in [-0.25, -0.2) is 18.4 Å². The molecule has 7 nitrogen and oxygen atoms in total. The first kappa shape index (κ1) is 22.4. The lowest BCUT2D eigenvalue weighted by atomic mass is 10.1. The minimum atomic E-state index is -3.37. The van der Waals surface area contributed by atoms with Crippen LogP contribution >= 0.6 is 0 Å². The molecule has 0 aliphatic heterocycles. The van der Waals surface area contributed by atoms with E-state index in [1.807, 2.05) is 18.2 Å². The van der Waals surface area contributed by atoms with Gasteiger partial charge in [-0.2, -0.15) is 0 Å². The number of aryl methyl sites for hydroxylation is 1. The molecule has 0 saturated heterocycles. The van der Waals surface area contributed by atoms with Crippen LogP contribution in [0.15, 0.2) is 59.6 Å². The lowest BCUT2D eigenvalue weighted by Gasteiger charge is -2.10. The molecule has 1 aromatic heterocycles. The van der Waals surface area contributed by atoms with Crippen molar-refractivity contribution in [3.8, 4) is 11.3 Å². The molecular weight excluding hydrogens is 412 g/mol. The van der Waals surface area contributed by atoms with Gasteiger partial charge in [0.05, 0.1) is 22.0 Å². The average molecular weight is 439 g/mol. The van der Waals surface area contributed by atoms with Gasteiger partial charge >= 0.3 is 0 Å². The van der Waals surface area contributed by atoms with Crippen LogP contribution in [0.5, 0.6) is 0 Å². The Morgan fingerprint density at radius 3 is 2.48 bits per heavy atom. The monoisotopic (exact) mass is 438 g/mol. The third-order valence-electron chi connectivity index (χ3n) is 4.84. The molecule has 1 amide bonds. The van der Waals surface area contributed by atoms with Gasteiger partial charge in [-0.1, -0.05) is 37.6 Å². The SMILES string of the molecule is CCCc1cccc(NC(=O)c2nc(-c3ccc(S(=O)(=O)C(C)C)cc3)cnc2N)c1. The fraction of sp³-hybridized carbons (Fsp3) is 0.261. The van der Waals surface area contributed by atoms with Gasteiger partial charge in [0.15, 0.2) is 21.3 Å². The molecule has 3 rings (SSSR count). The fourth-order valence-electron chi connectivity index (χ4n) is 3.08. The molecule has 162 valence electrons. The van der Waals surface area contributed by atoms with Crippen molar-refractivity contribution in [3.63, 3.8) is 0 Å². The van der Waals surface area contributed by atoms with Crippen LogP contribution in [0.4, 0.5) is 11.5 Å². The van der Waals surface area contributed by atoms with Gasteiger partial charge in [0.25, 0.3) is 5.91 Å². The number of benzene rings is 2. The molecule has 0 aliphatic rings. The number of hydrogen-bond acceptors (Lipinski definition) is 6. The second-order valence-corrected chi connectivity index (χ2v) is 10.0. The van der Waals surface area contributed by atoms with Gasteiger partial charge in [-0.05, 0) is 50.1 Å². The Morgan fingerprint density at radius 2 is 1.84 bits per heavy atom. The van der Waals surface area contributed by atoms with E-state index in [1.54, 1.807) is 32.0 Å². The number of carbonyl (C=O) groups excluding carboxylic acids is 1. The number of nitrogens with one attached hydrogen (secondary N) is 1. The van der Waals surface area contributed by atoms with Crippen molar-refractivity contribution >= 4 is 27.2 Å². The summed E-state index contributed by atoms with van der Waals surface area (Å²) in [5.41, 5.74) is 8.76. The van der Waals surface area contributed by atoms with Gasteiger partial charge < -0.3 is 11.1 Å². The van der Waals surface area contributed by atoms with E-state index >= 15 is 0 Å². The normalized spacial score (nSPS) is 11.5. The second-order valence-electron chi connectivity index (χ2n) is 7.51. The van der Waals surface area contributed by atoms with E-state index in [1.165, 1.54) is 18.3 Å². The lowest BCUT2D eigenvalue weighted by Crippen LogP contribution is -2.17. The molecule has 0 bridgehead atoms. The number of amides is 1. The number of rotatable bonds is 7. The molecule has 1 heterocycles. The van der Waals surface area contributed by atoms with E-state index in [9.17, 15) is 13.2 Å². The minimum Gasteiger partial charge on any atom is -0.382 e. The van der Waals surface area contributed by atoms with Crippen molar-refractivity contribution in [3.05, 3.63) is 66.0 Å². The highest BCUT2D eigenvalue weighted by molar-refractivity contribution is 7.92. The summed E-state index contributed by atoms with van der Waals surface area (Å²) in [5, 5.41) is 2.30. The maximum Gasteiger partial charge on any atom is 0.278 e. The molecule has 2 aromatic carbocycles. The Balaban J connectivity index is 1.86. The van der Waals surface area contributed by atoms with Crippen LogP contribution in [0.25, 0.3) is 11.3 Å². The first-order valence-electron chi connectivity index (χ1n) is 10.1. The van der Waals surface area contributed by atoms with E-state index in [4.69, 9.17) is 5.73 Å². The van der Waals surface area contributed by atoms with Crippen LogP contribution in [0, 0.1) is 0 Å². The van der Waals surface area contributed by atoms with Gasteiger partial charge in [0, 0.05) is 11.3 Å². The summed E-state index contributed by atoms with van der Waals surface area (Å²) in [5.74, 6) is -0.440. The van der Waals surface area contributed by atoms with E-state index in [0.717, 1.165) is 18.4 Å². The van der Waals surface area contributed by atoms with Crippen molar-refractivity contribution in [2.45, 2.75) is 43.8 Å². The van der Waals surface area contributed by atoms with Gasteiger partial charge in [-0.3, -0.25) is 4.79 Å². The largest absolute Gasteiger partial charge is 0.382 e. The van der Waals surface area contributed by atoms with Crippen LogP contribution < -0.4 is 11.1 Å². The van der Waals surface area contributed by atoms with Crippen LogP contribution in [-0.4, -0.2) is 29.5 Å². The Kier molecular flexibility index (Phi) is 6.70.